The van der Waals surface area contributed by atoms with E-state index in [0.717, 1.165) is 28.0 Å². The predicted octanol–water partition coefficient (Wildman–Crippen LogP) is 1.94. The Morgan fingerprint density at radius 2 is 1.74 bits per heavy atom. The summed E-state index contributed by atoms with van der Waals surface area (Å²) in [6.45, 7) is 2.46. The number of aryl methyl sites for hydroxylation is 1. The fourth-order valence-electron chi connectivity index (χ4n) is 5.38. The number of hydrogen-bond donors (Lipinski definition) is 4. The number of benzene rings is 2. The fourth-order valence-corrected chi connectivity index (χ4v) is 7.61. The van der Waals surface area contributed by atoms with Gasteiger partial charge in [-0.15, -0.1) is 0 Å². The van der Waals surface area contributed by atoms with Crippen LogP contribution in [0.3, 0.4) is 0 Å². The number of nitrogens with one attached hydrogen (secondary N) is 1. The van der Waals surface area contributed by atoms with Gasteiger partial charge >= 0.3 is 0 Å². The zero-order valence-electron chi connectivity index (χ0n) is 19.8. The molecule has 1 saturated carbocycles. The second-order valence-electron chi connectivity index (χ2n) is 9.46. The van der Waals surface area contributed by atoms with Crippen LogP contribution in [0.15, 0.2) is 42.5 Å². The Kier molecular flexibility index (Phi) is 7.21. The first-order valence-corrected chi connectivity index (χ1v) is 13.1. The van der Waals surface area contributed by atoms with Crippen molar-refractivity contribution in [3.8, 4) is 16.9 Å². The van der Waals surface area contributed by atoms with Gasteiger partial charge < -0.3 is 14.9 Å². The van der Waals surface area contributed by atoms with Gasteiger partial charge in [-0.05, 0) is 60.1 Å². The van der Waals surface area contributed by atoms with E-state index >= 15 is 0 Å². The summed E-state index contributed by atoms with van der Waals surface area (Å²) in [4.78, 5) is 12.4. The molecule has 0 bridgehead atoms. The van der Waals surface area contributed by atoms with E-state index < -0.39 is 45.7 Å². The highest BCUT2D eigenvalue weighted by Crippen LogP contribution is 2.42. The maximum atomic E-state index is 13.5. The first kappa shape index (κ1) is 25.6. The van der Waals surface area contributed by atoms with Crippen LogP contribution in [0.2, 0.25) is 0 Å². The number of piperidine rings is 1. The number of methoxy groups -OCH3 is 1. The molecule has 190 valence electrons. The van der Waals surface area contributed by atoms with Gasteiger partial charge in [0.25, 0.3) is 5.91 Å². The van der Waals surface area contributed by atoms with Crippen molar-refractivity contribution in [1.29, 1.82) is 0 Å². The zero-order chi connectivity index (χ0) is 25.4. The minimum absolute atomic E-state index is 0.155. The molecule has 1 aliphatic carbocycles. The Morgan fingerprint density at radius 1 is 1.09 bits per heavy atom. The van der Waals surface area contributed by atoms with Crippen molar-refractivity contribution in [3.63, 3.8) is 0 Å². The number of nitrogens with zero attached hydrogens (tertiary/aromatic N) is 1. The Balaban J connectivity index is 1.50. The molecule has 4 N–H and O–H groups in total. The standard InChI is InChI=1S/C25H32N2O7S/c1-16-12-18(6-7-21(16)19-4-3-5-20(13-19)34-2)17-8-10-27(11-9-17)35(32,33)25(24(30)26-31)14-22(28)23(29)15-25/h3-7,12-13,17,22-23,28-29,31H,8-11,14-15H2,1-2H3,(H,26,30)/t22-,23+,25+. The van der Waals surface area contributed by atoms with Crippen LogP contribution < -0.4 is 10.2 Å². The lowest BCUT2D eigenvalue weighted by Gasteiger charge is -2.37. The third-order valence-corrected chi connectivity index (χ3v) is 9.98. The van der Waals surface area contributed by atoms with Gasteiger partial charge in [0.05, 0.1) is 19.3 Å². The van der Waals surface area contributed by atoms with Crippen LogP contribution in [-0.4, -0.2) is 71.2 Å². The van der Waals surface area contributed by atoms with Gasteiger partial charge in [-0.25, -0.2) is 18.2 Å². The number of hydroxylamine groups is 1. The highest BCUT2D eigenvalue weighted by Gasteiger charge is 2.60. The van der Waals surface area contributed by atoms with Crippen LogP contribution in [0.4, 0.5) is 0 Å². The molecule has 1 aliphatic heterocycles. The number of rotatable bonds is 6. The molecule has 2 aliphatic rings. The number of sulfonamides is 1. The van der Waals surface area contributed by atoms with Gasteiger partial charge in [0, 0.05) is 25.9 Å². The molecule has 4 rings (SSSR count). The number of aliphatic hydroxyl groups excluding tert-OH is 2. The maximum Gasteiger partial charge on any atom is 0.266 e. The van der Waals surface area contributed by atoms with Crippen LogP contribution >= 0.6 is 0 Å². The SMILES string of the molecule is COc1cccc(-c2ccc(C3CCN(S(=O)(=O)[C@@]4(C(=O)NO)C[C@@H](O)[C@@H](O)C4)CC3)cc2C)c1. The summed E-state index contributed by atoms with van der Waals surface area (Å²) in [5.74, 6) is -0.185. The quantitative estimate of drug-likeness (QED) is 0.349. The van der Waals surface area contributed by atoms with Crippen molar-refractivity contribution >= 4 is 15.9 Å². The molecule has 2 fully saturated rings. The number of amides is 1. The van der Waals surface area contributed by atoms with Gasteiger partial charge in [0.1, 0.15) is 5.75 Å². The predicted molar refractivity (Wildman–Crippen MR) is 130 cm³/mol. The van der Waals surface area contributed by atoms with Gasteiger partial charge in [-0.1, -0.05) is 30.3 Å². The molecule has 2 aromatic rings. The highest BCUT2D eigenvalue weighted by atomic mass is 32.2. The lowest BCUT2D eigenvalue weighted by Crippen LogP contribution is -2.57. The van der Waals surface area contributed by atoms with Gasteiger partial charge in [-0.2, -0.15) is 0 Å². The van der Waals surface area contributed by atoms with Crippen molar-refractivity contribution in [2.75, 3.05) is 20.2 Å². The molecule has 1 heterocycles. The fraction of sp³-hybridized carbons (Fsp3) is 0.480. The molecule has 1 saturated heterocycles. The van der Waals surface area contributed by atoms with Crippen molar-refractivity contribution in [2.45, 2.75) is 55.5 Å². The normalized spacial score (nSPS) is 26.0. The highest BCUT2D eigenvalue weighted by molar-refractivity contribution is 7.91. The second-order valence-corrected chi connectivity index (χ2v) is 11.7. The lowest BCUT2D eigenvalue weighted by atomic mass is 9.87. The maximum absolute atomic E-state index is 13.5. The zero-order valence-corrected chi connectivity index (χ0v) is 20.7. The molecular formula is C25H32N2O7S. The van der Waals surface area contributed by atoms with Gasteiger partial charge in [-0.3, -0.25) is 10.0 Å². The number of carbonyl (C=O) groups excluding carboxylic acids is 1. The van der Waals surface area contributed by atoms with E-state index in [1.165, 1.54) is 9.79 Å². The van der Waals surface area contributed by atoms with E-state index in [1.807, 2.05) is 31.2 Å². The third kappa shape index (κ3) is 4.56. The van der Waals surface area contributed by atoms with Crippen LogP contribution in [0.25, 0.3) is 11.1 Å². The topological polar surface area (TPSA) is 136 Å². The molecule has 1 amide bonds. The molecule has 0 aromatic heterocycles. The largest absolute Gasteiger partial charge is 0.497 e. The molecule has 9 nitrogen and oxygen atoms in total. The smallest absolute Gasteiger partial charge is 0.266 e. The number of carbonyl (C=O) groups is 1. The minimum atomic E-state index is -4.23. The molecule has 0 spiro atoms. The van der Waals surface area contributed by atoms with Gasteiger partial charge in [0.2, 0.25) is 10.0 Å². The Labute approximate surface area is 205 Å². The van der Waals surface area contributed by atoms with E-state index in [2.05, 4.69) is 18.2 Å². The van der Waals surface area contributed by atoms with Crippen molar-refractivity contribution in [3.05, 3.63) is 53.6 Å². The summed E-state index contributed by atoms with van der Waals surface area (Å²) in [5, 5.41) is 29.2. The number of aliphatic hydroxyl groups is 2. The minimum Gasteiger partial charge on any atom is -0.497 e. The van der Waals surface area contributed by atoms with E-state index in [0.29, 0.717) is 12.8 Å². The summed E-state index contributed by atoms with van der Waals surface area (Å²) in [7, 11) is -2.60. The average molecular weight is 505 g/mol. The lowest BCUT2D eigenvalue weighted by molar-refractivity contribution is -0.132. The van der Waals surface area contributed by atoms with Crippen molar-refractivity contribution < 1.29 is 33.4 Å². The van der Waals surface area contributed by atoms with E-state index in [1.54, 1.807) is 7.11 Å². The molecule has 2 aromatic carbocycles. The van der Waals surface area contributed by atoms with Crippen LogP contribution in [0, 0.1) is 6.92 Å². The Hall–Kier alpha value is -2.50. The van der Waals surface area contributed by atoms with Crippen LogP contribution in [0.1, 0.15) is 42.7 Å². The van der Waals surface area contributed by atoms with Gasteiger partial charge in [0.15, 0.2) is 4.75 Å². The first-order valence-electron chi connectivity index (χ1n) is 11.7. The summed E-state index contributed by atoms with van der Waals surface area (Å²) in [6.07, 6.45) is -2.50. The number of hydrogen-bond acceptors (Lipinski definition) is 7. The average Bonchev–Trinajstić information content (AvgIpc) is 3.19. The van der Waals surface area contributed by atoms with Crippen LogP contribution in [-0.2, 0) is 14.8 Å². The monoisotopic (exact) mass is 504 g/mol. The van der Waals surface area contributed by atoms with E-state index in [-0.39, 0.29) is 19.0 Å². The van der Waals surface area contributed by atoms with Crippen molar-refractivity contribution in [2.24, 2.45) is 0 Å². The molecule has 0 unspecified atom stereocenters. The summed E-state index contributed by atoms with van der Waals surface area (Å²) >= 11 is 0. The Bertz CT molecular complexity index is 1180. The molecule has 10 heteroatoms. The van der Waals surface area contributed by atoms with E-state index in [4.69, 9.17) is 4.74 Å². The second kappa shape index (κ2) is 9.87. The molecule has 0 radical (unpaired) electrons. The summed E-state index contributed by atoms with van der Waals surface area (Å²) in [6, 6.07) is 14.1. The van der Waals surface area contributed by atoms with Crippen molar-refractivity contribution in [1.82, 2.24) is 9.79 Å². The Morgan fingerprint density at radius 3 is 2.31 bits per heavy atom. The third-order valence-electron chi connectivity index (χ3n) is 7.43. The molecule has 3 atom stereocenters. The first-order chi connectivity index (χ1) is 16.6. The summed E-state index contributed by atoms with van der Waals surface area (Å²) < 4.78 is 31.4. The number of ether oxygens (including phenoxy) is 1. The summed E-state index contributed by atoms with van der Waals surface area (Å²) in [5.41, 5.74) is 5.82. The van der Waals surface area contributed by atoms with Crippen LogP contribution in [0.5, 0.6) is 5.75 Å². The molecule has 35 heavy (non-hydrogen) atoms. The van der Waals surface area contributed by atoms with E-state index in [9.17, 15) is 28.6 Å². The molecular weight excluding hydrogens is 472 g/mol.